The van der Waals surface area contributed by atoms with Crippen molar-refractivity contribution in [1.82, 2.24) is 15.0 Å². The van der Waals surface area contributed by atoms with Crippen molar-refractivity contribution in [3.05, 3.63) is 41.1 Å². The van der Waals surface area contributed by atoms with E-state index in [4.69, 9.17) is 26.4 Å². The lowest BCUT2D eigenvalue weighted by molar-refractivity contribution is 0.0995. The summed E-state index contributed by atoms with van der Waals surface area (Å²) in [6.45, 7) is 5.70. The summed E-state index contributed by atoms with van der Waals surface area (Å²) in [5, 5.41) is 0. The van der Waals surface area contributed by atoms with Crippen LogP contribution in [-0.2, 0) is 13.0 Å². The summed E-state index contributed by atoms with van der Waals surface area (Å²) in [5.74, 6) is 0.756. The minimum absolute atomic E-state index is 0.125. The molecule has 1 saturated heterocycles. The molecule has 162 valence electrons. The Labute approximate surface area is 181 Å². The number of primary amides is 1. The van der Waals surface area contributed by atoms with E-state index in [0.717, 1.165) is 68.2 Å². The average molecular weight is 421 g/mol. The van der Waals surface area contributed by atoms with Gasteiger partial charge in [0.25, 0.3) is 5.91 Å². The number of piperidine rings is 1. The summed E-state index contributed by atoms with van der Waals surface area (Å²) in [4.78, 5) is 35.4. The van der Waals surface area contributed by atoms with Gasteiger partial charge in [0.05, 0.1) is 23.6 Å². The number of fused-ring (bicyclic) bond motifs is 2. The number of hydrogen-bond donors (Lipinski definition) is 2. The van der Waals surface area contributed by atoms with E-state index in [-0.39, 0.29) is 11.1 Å². The molecule has 1 amide bonds. The van der Waals surface area contributed by atoms with E-state index in [1.807, 2.05) is 12.3 Å². The minimum atomic E-state index is -0.565. The smallest absolute Gasteiger partial charge is 0.271 e. The molecule has 0 bridgehead atoms. The Morgan fingerprint density at radius 1 is 1.19 bits per heavy atom. The van der Waals surface area contributed by atoms with Gasteiger partial charge in [-0.25, -0.2) is 9.97 Å². The monoisotopic (exact) mass is 420 g/mol. The van der Waals surface area contributed by atoms with Crippen LogP contribution in [0, 0.1) is 5.41 Å². The first-order valence-electron chi connectivity index (χ1n) is 10.9. The Balaban J connectivity index is 1.49. The van der Waals surface area contributed by atoms with Crippen LogP contribution in [0.5, 0.6) is 0 Å². The van der Waals surface area contributed by atoms with Crippen molar-refractivity contribution in [3.8, 4) is 0 Å². The minimum Gasteiger partial charge on any atom is -0.364 e. The molecular formula is C22H28N8O. The van der Waals surface area contributed by atoms with Gasteiger partial charge >= 0.3 is 0 Å². The molecule has 0 aromatic carbocycles. The van der Waals surface area contributed by atoms with Gasteiger partial charge in [-0.15, -0.1) is 0 Å². The van der Waals surface area contributed by atoms with Crippen molar-refractivity contribution in [2.24, 2.45) is 21.9 Å². The maximum atomic E-state index is 12.3. The summed E-state index contributed by atoms with van der Waals surface area (Å²) in [5.41, 5.74) is 15.6. The maximum absolute atomic E-state index is 12.3. The van der Waals surface area contributed by atoms with Crippen LogP contribution in [0.3, 0.4) is 0 Å². The second-order valence-corrected chi connectivity index (χ2v) is 8.92. The highest BCUT2D eigenvalue weighted by atomic mass is 16.1. The molecule has 0 saturated carbocycles. The van der Waals surface area contributed by atoms with E-state index in [9.17, 15) is 4.79 Å². The van der Waals surface area contributed by atoms with Gasteiger partial charge in [0.2, 0.25) is 0 Å². The Bertz CT molecular complexity index is 1060. The van der Waals surface area contributed by atoms with Gasteiger partial charge in [0.15, 0.2) is 17.3 Å². The highest BCUT2D eigenvalue weighted by Crippen LogP contribution is 2.34. The quantitative estimate of drug-likeness (QED) is 0.765. The highest BCUT2D eigenvalue weighted by molar-refractivity contribution is 6.12. The number of carbonyl (C=O) groups is 1. The number of rotatable bonds is 3. The van der Waals surface area contributed by atoms with Crippen molar-refractivity contribution in [2.75, 3.05) is 36.0 Å². The molecule has 0 unspecified atom stereocenters. The second-order valence-electron chi connectivity index (χ2n) is 8.92. The number of hydrogen-bond acceptors (Lipinski definition) is 8. The summed E-state index contributed by atoms with van der Waals surface area (Å²) >= 11 is 0. The van der Waals surface area contributed by atoms with Crippen LogP contribution in [0.25, 0.3) is 0 Å². The summed E-state index contributed by atoms with van der Waals surface area (Å²) in [6, 6.07) is 3.99. The third kappa shape index (κ3) is 3.42. The third-order valence-electron chi connectivity index (χ3n) is 6.74. The molecule has 0 radical (unpaired) electrons. The molecule has 9 nitrogen and oxygen atoms in total. The SMILES string of the molecule is CC1(CN)CCN(c2nc3c(nc2C(N)=O)C(N2CCCc4ncccc42)=NC3)CC1. The van der Waals surface area contributed by atoms with Crippen molar-refractivity contribution < 1.29 is 4.79 Å². The molecule has 0 spiro atoms. The average Bonchev–Trinajstić information content (AvgIpc) is 3.21. The van der Waals surface area contributed by atoms with E-state index < -0.39 is 5.91 Å². The second kappa shape index (κ2) is 7.56. The number of nitrogens with zero attached hydrogens (tertiary/aromatic N) is 6. The lowest BCUT2D eigenvalue weighted by atomic mass is 9.80. The zero-order chi connectivity index (χ0) is 21.6. The lowest BCUT2D eigenvalue weighted by Crippen LogP contribution is -2.43. The van der Waals surface area contributed by atoms with Gasteiger partial charge < -0.3 is 21.3 Å². The van der Waals surface area contributed by atoms with Crippen molar-refractivity contribution in [2.45, 2.75) is 39.2 Å². The van der Waals surface area contributed by atoms with Gasteiger partial charge in [0.1, 0.15) is 5.69 Å². The van der Waals surface area contributed by atoms with E-state index in [0.29, 0.717) is 24.6 Å². The zero-order valence-corrected chi connectivity index (χ0v) is 17.8. The van der Waals surface area contributed by atoms with Crippen molar-refractivity contribution >= 4 is 23.2 Å². The van der Waals surface area contributed by atoms with E-state index in [1.165, 1.54) is 0 Å². The topological polar surface area (TPSA) is 127 Å². The van der Waals surface area contributed by atoms with Gasteiger partial charge in [-0.3, -0.25) is 14.8 Å². The fraction of sp³-hybridized carbons (Fsp3) is 0.500. The number of aliphatic imine (C=N–C) groups is 1. The summed E-state index contributed by atoms with van der Waals surface area (Å²) in [6.07, 6.45) is 5.64. The molecule has 2 aromatic heterocycles. The first kappa shape index (κ1) is 19.9. The number of carbonyl (C=O) groups excluding carboxylic acids is 1. The van der Waals surface area contributed by atoms with Gasteiger partial charge in [-0.05, 0) is 49.8 Å². The number of pyridine rings is 1. The van der Waals surface area contributed by atoms with E-state index >= 15 is 0 Å². The Morgan fingerprint density at radius 3 is 2.74 bits per heavy atom. The fourth-order valence-corrected chi connectivity index (χ4v) is 4.65. The first-order chi connectivity index (χ1) is 15.0. The van der Waals surface area contributed by atoms with E-state index in [2.05, 4.69) is 27.8 Å². The molecule has 0 aliphatic carbocycles. The molecule has 3 aliphatic heterocycles. The van der Waals surface area contributed by atoms with Crippen LogP contribution < -0.4 is 21.3 Å². The predicted octanol–water partition coefficient (Wildman–Crippen LogP) is 1.25. The van der Waals surface area contributed by atoms with Crippen molar-refractivity contribution in [3.63, 3.8) is 0 Å². The Hall–Kier alpha value is -3.07. The number of amides is 1. The van der Waals surface area contributed by atoms with Gasteiger partial charge in [-0.1, -0.05) is 6.92 Å². The molecule has 4 N–H and O–H groups in total. The van der Waals surface area contributed by atoms with Gasteiger partial charge in [0, 0.05) is 25.8 Å². The first-order valence-corrected chi connectivity index (χ1v) is 10.9. The fourth-order valence-electron chi connectivity index (χ4n) is 4.65. The molecule has 2 aromatic rings. The molecule has 0 atom stereocenters. The third-order valence-corrected chi connectivity index (χ3v) is 6.74. The van der Waals surface area contributed by atoms with Crippen molar-refractivity contribution in [1.29, 1.82) is 0 Å². The number of anilines is 2. The molecule has 31 heavy (non-hydrogen) atoms. The standard InChI is InChI=1S/C22H28N8O/c1-22(13-23)6-10-29(11-7-22)21-18(19(24)31)28-17-15(27-21)12-26-20(17)30-9-3-4-14-16(30)5-2-8-25-14/h2,5,8H,3-4,6-7,9-13,23H2,1H3,(H2,24,31). The molecule has 3 aliphatic rings. The van der Waals surface area contributed by atoms with Gasteiger partial charge in [-0.2, -0.15) is 0 Å². The van der Waals surface area contributed by atoms with Crippen LogP contribution in [0.1, 0.15) is 53.8 Å². The lowest BCUT2D eigenvalue weighted by Gasteiger charge is -2.39. The summed E-state index contributed by atoms with van der Waals surface area (Å²) < 4.78 is 0. The maximum Gasteiger partial charge on any atom is 0.271 e. The zero-order valence-electron chi connectivity index (χ0n) is 17.8. The van der Waals surface area contributed by atoms with E-state index in [1.54, 1.807) is 0 Å². The van der Waals surface area contributed by atoms with Crippen LogP contribution in [0.4, 0.5) is 11.5 Å². The van der Waals surface area contributed by atoms with Crippen LogP contribution in [0.2, 0.25) is 0 Å². The number of aromatic nitrogens is 3. The van der Waals surface area contributed by atoms with Crippen LogP contribution in [0.15, 0.2) is 23.3 Å². The Kier molecular flexibility index (Phi) is 4.85. The Morgan fingerprint density at radius 2 is 2.00 bits per heavy atom. The molecule has 9 heteroatoms. The number of nitrogens with two attached hydrogens (primary N) is 2. The molecule has 1 fully saturated rings. The largest absolute Gasteiger partial charge is 0.364 e. The van der Waals surface area contributed by atoms with Crippen LogP contribution in [-0.4, -0.2) is 52.9 Å². The van der Waals surface area contributed by atoms with Crippen LogP contribution >= 0.6 is 0 Å². The molecular weight excluding hydrogens is 392 g/mol. The molecule has 5 rings (SSSR count). The summed E-state index contributed by atoms with van der Waals surface area (Å²) in [7, 11) is 0. The normalized spacial score (nSPS) is 19.6. The molecule has 5 heterocycles. The predicted molar refractivity (Wildman–Crippen MR) is 119 cm³/mol. The number of amidine groups is 1. The highest BCUT2D eigenvalue weighted by Gasteiger charge is 2.34. The number of aryl methyl sites for hydroxylation is 1.